The third kappa shape index (κ3) is 1.56. The molecule has 3 heterocycles. The van der Waals surface area contributed by atoms with Crippen LogP contribution in [0.5, 0.6) is 0 Å². The summed E-state index contributed by atoms with van der Waals surface area (Å²) in [5, 5.41) is 2.40. The van der Waals surface area contributed by atoms with Crippen LogP contribution in [0.25, 0.3) is 20.3 Å². The Morgan fingerprint density at radius 1 is 1.53 bits per heavy atom. The van der Waals surface area contributed by atoms with E-state index in [0.29, 0.717) is 0 Å². The summed E-state index contributed by atoms with van der Waals surface area (Å²) in [5.74, 6) is 0. The maximum Gasteiger partial charge on any atom is 0.103 e. The number of aryl methyl sites for hydroxylation is 1. The van der Waals surface area contributed by atoms with E-state index in [1.54, 1.807) is 11.3 Å². The summed E-state index contributed by atoms with van der Waals surface area (Å²) in [7, 11) is 0. The van der Waals surface area contributed by atoms with Crippen molar-refractivity contribution in [3.63, 3.8) is 0 Å². The van der Waals surface area contributed by atoms with Crippen LogP contribution in [0.2, 0.25) is 0 Å². The molecule has 0 aliphatic rings. The minimum absolute atomic E-state index is 0.951. The van der Waals surface area contributed by atoms with Gasteiger partial charge in [-0.25, -0.2) is 0 Å². The van der Waals surface area contributed by atoms with Crippen LogP contribution in [-0.4, -0.2) is 16.2 Å². The van der Waals surface area contributed by atoms with E-state index in [9.17, 15) is 0 Å². The molecular weight excluding hydrogens is 230 g/mol. The van der Waals surface area contributed by atoms with Crippen LogP contribution in [0.3, 0.4) is 0 Å². The molecular formula is C13H13N3S. The molecule has 0 unspecified atom stereocenters. The molecule has 0 aliphatic heterocycles. The van der Waals surface area contributed by atoms with Gasteiger partial charge >= 0.3 is 0 Å². The summed E-state index contributed by atoms with van der Waals surface area (Å²) in [6.45, 7) is 4.16. The Kier molecular flexibility index (Phi) is 2.44. The van der Waals surface area contributed by atoms with E-state index in [1.807, 2.05) is 18.6 Å². The van der Waals surface area contributed by atoms with Crippen LogP contribution >= 0.6 is 11.3 Å². The molecule has 17 heavy (non-hydrogen) atoms. The first-order chi connectivity index (χ1) is 8.31. The Labute approximate surface area is 103 Å². The Balaban J connectivity index is 2.39. The van der Waals surface area contributed by atoms with E-state index in [4.69, 9.17) is 0 Å². The predicted octanol–water partition coefficient (Wildman–Crippen LogP) is 4.20. The third-order valence-corrected chi connectivity index (χ3v) is 3.87. The summed E-state index contributed by atoms with van der Waals surface area (Å²) < 4.78 is 1.26. The molecule has 0 atom stereocenters. The second-order valence-corrected chi connectivity index (χ2v) is 5.05. The number of aliphatic imine (C=N–C) groups is 1. The Hall–Kier alpha value is -1.68. The first-order valence-corrected chi connectivity index (χ1v) is 6.50. The maximum atomic E-state index is 4.56. The van der Waals surface area contributed by atoms with Gasteiger partial charge in [0, 0.05) is 39.8 Å². The lowest BCUT2D eigenvalue weighted by Crippen LogP contribution is -1.73. The van der Waals surface area contributed by atoms with Gasteiger partial charge in [-0.05, 0) is 19.4 Å². The summed E-state index contributed by atoms with van der Waals surface area (Å²) in [6.07, 6.45) is 6.66. The number of nitrogens with one attached hydrogen (secondary N) is 1. The zero-order valence-electron chi connectivity index (χ0n) is 9.82. The standard InChI is InChI=1S/C13H13N3S/c1-3-5-15-12-8(2)16-13-11(12)9-7-14-6-4-10(9)17-13/h4-7,16H,3H2,1-2H3. The van der Waals surface area contributed by atoms with E-state index in [1.165, 1.54) is 20.3 Å². The molecule has 4 heteroatoms. The fourth-order valence-corrected chi connectivity index (χ4v) is 3.15. The highest BCUT2D eigenvalue weighted by atomic mass is 32.1. The predicted molar refractivity (Wildman–Crippen MR) is 74.7 cm³/mol. The van der Waals surface area contributed by atoms with Gasteiger partial charge in [-0.1, -0.05) is 6.92 Å². The Morgan fingerprint density at radius 2 is 2.41 bits per heavy atom. The number of thiophene rings is 1. The molecule has 3 aromatic heterocycles. The van der Waals surface area contributed by atoms with Crippen LogP contribution in [0, 0.1) is 6.92 Å². The quantitative estimate of drug-likeness (QED) is 0.673. The molecule has 1 N–H and O–H groups in total. The van der Waals surface area contributed by atoms with Gasteiger partial charge in [-0.15, -0.1) is 11.3 Å². The molecule has 86 valence electrons. The average Bonchev–Trinajstić information content (AvgIpc) is 2.82. The van der Waals surface area contributed by atoms with Crippen molar-refractivity contribution in [1.29, 1.82) is 0 Å². The van der Waals surface area contributed by atoms with E-state index < -0.39 is 0 Å². The average molecular weight is 243 g/mol. The van der Waals surface area contributed by atoms with E-state index >= 15 is 0 Å². The molecule has 0 saturated carbocycles. The number of aromatic amines is 1. The molecule has 3 nitrogen and oxygen atoms in total. The van der Waals surface area contributed by atoms with E-state index in [-0.39, 0.29) is 0 Å². The number of aromatic nitrogens is 2. The summed E-state index contributed by atoms with van der Waals surface area (Å²) in [5.41, 5.74) is 2.18. The van der Waals surface area contributed by atoms with Crippen LogP contribution in [0.1, 0.15) is 19.0 Å². The van der Waals surface area contributed by atoms with Crippen molar-refractivity contribution in [1.82, 2.24) is 9.97 Å². The Morgan fingerprint density at radius 3 is 3.24 bits per heavy atom. The molecule has 0 bridgehead atoms. The van der Waals surface area contributed by atoms with Crippen molar-refractivity contribution < 1.29 is 0 Å². The first-order valence-electron chi connectivity index (χ1n) is 5.68. The number of pyridine rings is 1. The van der Waals surface area contributed by atoms with Crippen molar-refractivity contribution in [3.05, 3.63) is 24.2 Å². The largest absolute Gasteiger partial charge is 0.348 e. The van der Waals surface area contributed by atoms with Crippen molar-refractivity contribution in [3.8, 4) is 0 Å². The number of fused-ring (bicyclic) bond motifs is 3. The lowest BCUT2D eigenvalue weighted by atomic mass is 10.2. The normalized spacial score (nSPS) is 12.1. The number of hydrogen-bond donors (Lipinski definition) is 1. The lowest BCUT2D eigenvalue weighted by Gasteiger charge is -1.93. The third-order valence-electron chi connectivity index (χ3n) is 2.79. The molecule has 0 saturated heterocycles. The molecule has 0 amide bonds. The molecule has 3 rings (SSSR count). The molecule has 0 fully saturated rings. The second kappa shape index (κ2) is 3.96. The first kappa shape index (κ1) is 10.5. The van der Waals surface area contributed by atoms with Gasteiger partial charge in [0.15, 0.2) is 0 Å². The van der Waals surface area contributed by atoms with Crippen molar-refractivity contribution in [2.24, 2.45) is 4.99 Å². The fourth-order valence-electron chi connectivity index (χ4n) is 2.03. The van der Waals surface area contributed by atoms with E-state index in [0.717, 1.165) is 17.8 Å². The Bertz CT molecular complexity index is 706. The van der Waals surface area contributed by atoms with Crippen LogP contribution in [0.4, 0.5) is 5.69 Å². The molecule has 0 spiro atoms. The minimum Gasteiger partial charge on any atom is -0.348 e. The van der Waals surface area contributed by atoms with Crippen LogP contribution in [0.15, 0.2) is 23.5 Å². The molecule has 0 aromatic carbocycles. The highest BCUT2D eigenvalue weighted by Crippen LogP contribution is 2.40. The van der Waals surface area contributed by atoms with Crippen LogP contribution < -0.4 is 0 Å². The van der Waals surface area contributed by atoms with Gasteiger partial charge in [-0.2, -0.15) is 0 Å². The van der Waals surface area contributed by atoms with Gasteiger partial charge in [0.25, 0.3) is 0 Å². The van der Waals surface area contributed by atoms with Crippen molar-refractivity contribution >= 4 is 43.5 Å². The SMILES string of the molecule is CCC=Nc1c(C)[nH]c2sc3ccncc3c12. The van der Waals surface area contributed by atoms with Gasteiger partial charge in [-0.3, -0.25) is 9.98 Å². The highest BCUT2D eigenvalue weighted by Gasteiger charge is 2.13. The smallest absolute Gasteiger partial charge is 0.103 e. The molecule has 0 radical (unpaired) electrons. The zero-order chi connectivity index (χ0) is 11.8. The number of rotatable bonds is 2. The fraction of sp³-hybridized carbons (Fsp3) is 0.231. The van der Waals surface area contributed by atoms with Gasteiger partial charge < -0.3 is 4.98 Å². The topological polar surface area (TPSA) is 41.0 Å². The van der Waals surface area contributed by atoms with Gasteiger partial charge in [0.05, 0.1) is 5.69 Å². The summed E-state index contributed by atoms with van der Waals surface area (Å²) in [6, 6.07) is 2.05. The monoisotopic (exact) mass is 243 g/mol. The van der Waals surface area contributed by atoms with Crippen LogP contribution in [-0.2, 0) is 0 Å². The second-order valence-electron chi connectivity index (χ2n) is 4.00. The van der Waals surface area contributed by atoms with Crippen molar-refractivity contribution in [2.45, 2.75) is 20.3 Å². The van der Waals surface area contributed by atoms with Crippen molar-refractivity contribution in [2.75, 3.05) is 0 Å². The number of H-pyrrole nitrogens is 1. The number of nitrogens with zero attached hydrogens (tertiary/aromatic N) is 2. The van der Waals surface area contributed by atoms with Gasteiger partial charge in [0.2, 0.25) is 0 Å². The summed E-state index contributed by atoms with van der Waals surface area (Å²) in [4.78, 5) is 13.4. The minimum atomic E-state index is 0.951. The maximum absolute atomic E-state index is 4.56. The highest BCUT2D eigenvalue weighted by molar-refractivity contribution is 7.25. The molecule has 3 aromatic rings. The summed E-state index contributed by atoms with van der Waals surface area (Å²) >= 11 is 1.76. The number of hydrogen-bond acceptors (Lipinski definition) is 3. The zero-order valence-corrected chi connectivity index (χ0v) is 10.6. The van der Waals surface area contributed by atoms with E-state index in [2.05, 4.69) is 34.9 Å². The molecule has 0 aliphatic carbocycles. The lowest BCUT2D eigenvalue weighted by molar-refractivity contribution is 1.27. The van der Waals surface area contributed by atoms with Gasteiger partial charge in [0.1, 0.15) is 4.83 Å².